The highest BCUT2D eigenvalue weighted by atomic mass is 79.9. The second kappa shape index (κ2) is 10.3. The molecule has 0 spiro atoms. The maximum atomic E-state index is 6.40. The van der Waals surface area contributed by atoms with Gasteiger partial charge in [-0.25, -0.2) is 0 Å². The van der Waals surface area contributed by atoms with Gasteiger partial charge in [0.25, 0.3) is 0 Å². The van der Waals surface area contributed by atoms with E-state index in [0.29, 0.717) is 13.2 Å². The van der Waals surface area contributed by atoms with E-state index in [1.807, 2.05) is 0 Å². The summed E-state index contributed by atoms with van der Waals surface area (Å²) in [7, 11) is 3.45. The number of hydrogen-bond donors (Lipinski definition) is 1. The minimum absolute atomic E-state index is 0.0832. The third kappa shape index (κ3) is 6.04. The molecule has 5 heteroatoms. The fourth-order valence-electron chi connectivity index (χ4n) is 2.42. The van der Waals surface area contributed by atoms with Gasteiger partial charge in [-0.1, -0.05) is 35.0 Å². The number of hydrogen-bond acceptors (Lipinski definition) is 4. The SMILES string of the molecule is CCC(N)C(c1ccc(Br)cc1)N(CCOC)CCOC. The minimum atomic E-state index is 0.0832. The normalized spacial score (nSPS) is 14.4. The molecular weight excluding hydrogens is 332 g/mol. The van der Waals surface area contributed by atoms with Crippen molar-refractivity contribution in [3.05, 3.63) is 34.3 Å². The van der Waals surface area contributed by atoms with Crippen LogP contribution in [0.4, 0.5) is 0 Å². The van der Waals surface area contributed by atoms with Crippen molar-refractivity contribution in [2.45, 2.75) is 25.4 Å². The average Bonchev–Trinajstić information content (AvgIpc) is 2.51. The number of halogens is 1. The fourth-order valence-corrected chi connectivity index (χ4v) is 2.68. The molecule has 0 bridgehead atoms. The van der Waals surface area contributed by atoms with E-state index in [1.54, 1.807) is 14.2 Å². The molecule has 120 valence electrons. The van der Waals surface area contributed by atoms with Gasteiger partial charge in [0.2, 0.25) is 0 Å². The molecule has 0 fully saturated rings. The molecule has 1 aromatic rings. The van der Waals surface area contributed by atoms with Gasteiger partial charge in [0.1, 0.15) is 0 Å². The van der Waals surface area contributed by atoms with Crippen molar-refractivity contribution in [3.63, 3.8) is 0 Å². The summed E-state index contributed by atoms with van der Waals surface area (Å²) in [5, 5.41) is 0. The molecule has 1 aromatic carbocycles. The van der Waals surface area contributed by atoms with Crippen molar-refractivity contribution in [2.75, 3.05) is 40.5 Å². The van der Waals surface area contributed by atoms with Crippen LogP contribution in [0.25, 0.3) is 0 Å². The summed E-state index contributed by atoms with van der Waals surface area (Å²) in [5.41, 5.74) is 7.63. The first kappa shape index (κ1) is 18.6. The summed E-state index contributed by atoms with van der Waals surface area (Å²) >= 11 is 3.48. The van der Waals surface area contributed by atoms with Crippen LogP contribution in [0.3, 0.4) is 0 Å². The molecule has 0 aromatic heterocycles. The molecule has 0 saturated heterocycles. The molecule has 0 aliphatic carbocycles. The van der Waals surface area contributed by atoms with Crippen LogP contribution in [-0.4, -0.2) is 51.5 Å². The molecule has 21 heavy (non-hydrogen) atoms. The van der Waals surface area contributed by atoms with Crippen LogP contribution in [0.5, 0.6) is 0 Å². The van der Waals surface area contributed by atoms with Gasteiger partial charge in [-0.15, -0.1) is 0 Å². The molecule has 0 amide bonds. The Bertz CT molecular complexity index is 378. The summed E-state index contributed by atoms with van der Waals surface area (Å²) in [6, 6.07) is 8.66. The number of ether oxygens (including phenoxy) is 2. The molecule has 0 aliphatic rings. The zero-order valence-electron chi connectivity index (χ0n) is 13.2. The van der Waals surface area contributed by atoms with Gasteiger partial charge in [0, 0.05) is 37.8 Å². The van der Waals surface area contributed by atoms with Crippen LogP contribution in [0, 0.1) is 0 Å². The first-order valence-corrected chi connectivity index (χ1v) is 8.16. The molecule has 0 radical (unpaired) electrons. The lowest BCUT2D eigenvalue weighted by Gasteiger charge is -2.35. The largest absolute Gasteiger partial charge is 0.383 e. The fraction of sp³-hybridized carbons (Fsp3) is 0.625. The van der Waals surface area contributed by atoms with Crippen molar-refractivity contribution in [1.82, 2.24) is 4.90 Å². The van der Waals surface area contributed by atoms with Crippen LogP contribution in [-0.2, 0) is 9.47 Å². The van der Waals surface area contributed by atoms with Gasteiger partial charge in [0.15, 0.2) is 0 Å². The van der Waals surface area contributed by atoms with Crippen LogP contribution in [0.2, 0.25) is 0 Å². The maximum absolute atomic E-state index is 6.40. The van der Waals surface area contributed by atoms with E-state index in [0.717, 1.165) is 24.0 Å². The summed E-state index contributed by atoms with van der Waals surface area (Å²) in [4.78, 5) is 2.35. The zero-order valence-corrected chi connectivity index (χ0v) is 14.8. The molecule has 2 N–H and O–H groups in total. The van der Waals surface area contributed by atoms with Crippen molar-refractivity contribution >= 4 is 15.9 Å². The first-order valence-electron chi connectivity index (χ1n) is 7.37. The highest BCUT2D eigenvalue weighted by Gasteiger charge is 2.25. The number of methoxy groups -OCH3 is 2. The lowest BCUT2D eigenvalue weighted by atomic mass is 9.96. The van der Waals surface area contributed by atoms with Gasteiger partial charge in [-0.2, -0.15) is 0 Å². The molecule has 0 aliphatic heterocycles. The molecular formula is C16H27BrN2O2. The first-order chi connectivity index (χ1) is 10.1. The average molecular weight is 359 g/mol. The number of rotatable bonds is 10. The van der Waals surface area contributed by atoms with Gasteiger partial charge in [-0.05, 0) is 24.1 Å². The van der Waals surface area contributed by atoms with E-state index in [4.69, 9.17) is 15.2 Å². The lowest BCUT2D eigenvalue weighted by molar-refractivity contribution is 0.0775. The van der Waals surface area contributed by atoms with Crippen molar-refractivity contribution in [1.29, 1.82) is 0 Å². The quantitative estimate of drug-likeness (QED) is 0.698. The van der Waals surface area contributed by atoms with Gasteiger partial charge >= 0.3 is 0 Å². The molecule has 0 heterocycles. The van der Waals surface area contributed by atoms with Crippen LogP contribution in [0.1, 0.15) is 24.9 Å². The number of nitrogens with two attached hydrogens (primary N) is 1. The Morgan fingerprint density at radius 2 is 1.62 bits per heavy atom. The number of nitrogens with zero attached hydrogens (tertiary/aromatic N) is 1. The van der Waals surface area contributed by atoms with E-state index < -0.39 is 0 Å². The molecule has 2 unspecified atom stereocenters. The van der Waals surface area contributed by atoms with E-state index in [9.17, 15) is 0 Å². The second-order valence-electron chi connectivity index (χ2n) is 5.09. The Morgan fingerprint density at radius 1 is 1.10 bits per heavy atom. The third-order valence-corrected chi connectivity index (χ3v) is 4.18. The Morgan fingerprint density at radius 3 is 2.05 bits per heavy atom. The summed E-state index contributed by atoms with van der Waals surface area (Å²) in [6.07, 6.45) is 0.928. The Hall–Kier alpha value is -0.460. The van der Waals surface area contributed by atoms with E-state index in [1.165, 1.54) is 5.56 Å². The van der Waals surface area contributed by atoms with Crippen molar-refractivity contribution < 1.29 is 9.47 Å². The van der Waals surface area contributed by atoms with Gasteiger partial charge in [0.05, 0.1) is 19.3 Å². The Labute approximate surface area is 136 Å². The van der Waals surface area contributed by atoms with Gasteiger partial charge in [-0.3, -0.25) is 4.90 Å². The predicted molar refractivity (Wildman–Crippen MR) is 90.5 cm³/mol. The van der Waals surface area contributed by atoms with Crippen molar-refractivity contribution in [2.24, 2.45) is 5.73 Å². The Balaban J connectivity index is 2.97. The maximum Gasteiger partial charge on any atom is 0.0589 e. The van der Waals surface area contributed by atoms with Crippen molar-refractivity contribution in [3.8, 4) is 0 Å². The van der Waals surface area contributed by atoms with E-state index in [2.05, 4.69) is 52.0 Å². The smallest absolute Gasteiger partial charge is 0.0589 e. The highest BCUT2D eigenvalue weighted by Crippen LogP contribution is 2.26. The Kier molecular flexibility index (Phi) is 9.11. The molecule has 0 saturated carbocycles. The van der Waals surface area contributed by atoms with Crippen LogP contribution in [0.15, 0.2) is 28.7 Å². The lowest BCUT2D eigenvalue weighted by Crippen LogP contribution is -2.43. The highest BCUT2D eigenvalue weighted by molar-refractivity contribution is 9.10. The molecule has 2 atom stereocenters. The third-order valence-electron chi connectivity index (χ3n) is 3.65. The zero-order chi connectivity index (χ0) is 15.7. The number of benzene rings is 1. The predicted octanol–water partition coefficient (Wildman–Crippen LogP) is 2.82. The van der Waals surface area contributed by atoms with E-state index >= 15 is 0 Å². The van der Waals surface area contributed by atoms with Gasteiger partial charge < -0.3 is 15.2 Å². The monoisotopic (exact) mass is 358 g/mol. The summed E-state index contributed by atoms with van der Waals surface area (Å²) < 4.78 is 11.6. The summed E-state index contributed by atoms with van der Waals surface area (Å²) in [5.74, 6) is 0. The standard InChI is InChI=1S/C16H27BrN2O2/c1-4-15(18)16(13-5-7-14(17)8-6-13)19(9-11-20-2)10-12-21-3/h5-8,15-16H,4,9-12,18H2,1-3H3. The summed E-state index contributed by atoms with van der Waals surface area (Å²) in [6.45, 7) is 5.18. The van der Waals surface area contributed by atoms with E-state index in [-0.39, 0.29) is 12.1 Å². The van der Waals surface area contributed by atoms with Crippen LogP contribution >= 0.6 is 15.9 Å². The second-order valence-corrected chi connectivity index (χ2v) is 6.01. The minimum Gasteiger partial charge on any atom is -0.383 e. The molecule has 1 rings (SSSR count). The molecule has 4 nitrogen and oxygen atoms in total. The topological polar surface area (TPSA) is 47.7 Å². The van der Waals surface area contributed by atoms with Crippen LogP contribution < -0.4 is 5.73 Å².